The van der Waals surface area contributed by atoms with E-state index >= 15 is 0 Å². The lowest BCUT2D eigenvalue weighted by atomic mass is 10.2. The highest BCUT2D eigenvalue weighted by Gasteiger charge is 2.20. The highest BCUT2D eigenvalue weighted by molar-refractivity contribution is 9.10. The van der Waals surface area contributed by atoms with Crippen LogP contribution < -0.4 is 5.32 Å². The largest absolute Gasteiger partial charge is 0.349 e. The van der Waals surface area contributed by atoms with Gasteiger partial charge in [-0.05, 0) is 34.5 Å². The summed E-state index contributed by atoms with van der Waals surface area (Å²) in [4.78, 5) is 11.4. The summed E-state index contributed by atoms with van der Waals surface area (Å²) in [6, 6.07) is 1.97. The number of carbonyl (C=O) groups excluding carboxylic acids is 1. The molecular weight excluding hydrogens is 220 g/mol. The molecule has 0 bridgehead atoms. The van der Waals surface area contributed by atoms with Gasteiger partial charge in [0, 0.05) is 13.1 Å². The molecule has 0 fully saturated rings. The minimum Gasteiger partial charge on any atom is -0.349 e. The molecule has 1 amide bonds. The van der Waals surface area contributed by atoms with E-state index in [1.54, 1.807) is 0 Å². The number of nitrogens with zero attached hydrogens (tertiary/aromatic N) is 1. The van der Waals surface area contributed by atoms with Crippen LogP contribution in [0.1, 0.15) is 16.1 Å². The molecule has 64 valence electrons. The molecule has 4 heteroatoms. The average Bonchev–Trinajstić information content (AvgIpc) is 2.29. The van der Waals surface area contributed by atoms with E-state index < -0.39 is 0 Å². The molecule has 3 nitrogen and oxygen atoms in total. The molecular formula is C8H9BrN2O. The van der Waals surface area contributed by atoms with E-state index in [-0.39, 0.29) is 5.91 Å². The van der Waals surface area contributed by atoms with Crippen LogP contribution in [0.15, 0.2) is 10.7 Å². The number of carbonyl (C=O) groups is 1. The van der Waals surface area contributed by atoms with Crippen LogP contribution in [0.4, 0.5) is 0 Å². The number of rotatable bonds is 0. The Morgan fingerprint density at radius 2 is 2.42 bits per heavy atom. The minimum atomic E-state index is 0.0319. The minimum absolute atomic E-state index is 0.0319. The van der Waals surface area contributed by atoms with Crippen molar-refractivity contribution in [2.75, 3.05) is 6.54 Å². The SMILES string of the molecule is Cc1cc(Br)n2c1C(=O)NCC2. The monoisotopic (exact) mass is 228 g/mol. The first-order chi connectivity index (χ1) is 5.70. The van der Waals surface area contributed by atoms with Gasteiger partial charge in [-0.25, -0.2) is 0 Å². The van der Waals surface area contributed by atoms with Crippen molar-refractivity contribution in [2.45, 2.75) is 13.5 Å². The van der Waals surface area contributed by atoms with Crippen molar-refractivity contribution >= 4 is 21.8 Å². The van der Waals surface area contributed by atoms with E-state index in [4.69, 9.17) is 0 Å². The predicted octanol–water partition coefficient (Wildman–Crippen LogP) is 1.30. The number of fused-ring (bicyclic) bond motifs is 1. The van der Waals surface area contributed by atoms with Crippen molar-refractivity contribution in [2.24, 2.45) is 0 Å². The van der Waals surface area contributed by atoms with Crippen molar-refractivity contribution in [1.82, 2.24) is 9.88 Å². The van der Waals surface area contributed by atoms with Crippen LogP contribution in [0.2, 0.25) is 0 Å². The lowest BCUT2D eigenvalue weighted by Crippen LogP contribution is -2.35. The summed E-state index contributed by atoms with van der Waals surface area (Å²) in [5, 5.41) is 2.81. The lowest BCUT2D eigenvalue weighted by Gasteiger charge is -2.17. The molecule has 0 spiro atoms. The summed E-state index contributed by atoms with van der Waals surface area (Å²) >= 11 is 3.41. The molecule has 0 atom stereocenters. The summed E-state index contributed by atoms with van der Waals surface area (Å²) in [6.07, 6.45) is 0. The van der Waals surface area contributed by atoms with Gasteiger partial charge in [0.15, 0.2) is 0 Å². The van der Waals surface area contributed by atoms with Gasteiger partial charge in [-0.2, -0.15) is 0 Å². The number of nitrogens with one attached hydrogen (secondary N) is 1. The summed E-state index contributed by atoms with van der Waals surface area (Å²) < 4.78 is 2.98. The third-order valence-corrected chi connectivity index (χ3v) is 2.73. The lowest BCUT2D eigenvalue weighted by molar-refractivity contribution is 0.0926. The van der Waals surface area contributed by atoms with Crippen LogP contribution in [0.5, 0.6) is 0 Å². The topological polar surface area (TPSA) is 34.0 Å². The third-order valence-electron chi connectivity index (χ3n) is 2.07. The quantitative estimate of drug-likeness (QED) is 0.714. The summed E-state index contributed by atoms with van der Waals surface area (Å²) in [6.45, 7) is 3.52. The van der Waals surface area contributed by atoms with Gasteiger partial charge in [-0.15, -0.1) is 0 Å². The van der Waals surface area contributed by atoms with E-state index in [0.717, 1.165) is 29.0 Å². The van der Waals surface area contributed by atoms with Gasteiger partial charge in [-0.1, -0.05) is 0 Å². The second-order valence-corrected chi connectivity index (χ2v) is 3.72. The van der Waals surface area contributed by atoms with E-state index in [1.165, 1.54) is 0 Å². The number of hydrogen-bond donors (Lipinski definition) is 1. The average molecular weight is 229 g/mol. The molecule has 2 rings (SSSR count). The van der Waals surface area contributed by atoms with Crippen molar-refractivity contribution in [3.05, 3.63) is 21.9 Å². The number of aromatic nitrogens is 1. The normalized spacial score (nSPS) is 15.7. The van der Waals surface area contributed by atoms with E-state index in [9.17, 15) is 4.79 Å². The van der Waals surface area contributed by atoms with Crippen molar-refractivity contribution < 1.29 is 4.79 Å². The molecule has 0 unspecified atom stereocenters. The van der Waals surface area contributed by atoms with Crippen LogP contribution in [0, 0.1) is 6.92 Å². The number of aryl methyl sites for hydroxylation is 1. The zero-order valence-electron chi connectivity index (χ0n) is 6.72. The molecule has 1 aromatic heterocycles. The maximum absolute atomic E-state index is 11.4. The van der Waals surface area contributed by atoms with Gasteiger partial charge >= 0.3 is 0 Å². The van der Waals surface area contributed by atoms with Crippen molar-refractivity contribution in [1.29, 1.82) is 0 Å². The van der Waals surface area contributed by atoms with Gasteiger partial charge in [0.05, 0.1) is 4.60 Å². The predicted molar refractivity (Wildman–Crippen MR) is 49.2 cm³/mol. The summed E-state index contributed by atoms with van der Waals surface area (Å²) in [5.41, 5.74) is 1.81. The highest BCUT2D eigenvalue weighted by Crippen LogP contribution is 2.21. The Morgan fingerprint density at radius 3 is 3.08 bits per heavy atom. The fourth-order valence-electron chi connectivity index (χ4n) is 1.53. The maximum Gasteiger partial charge on any atom is 0.268 e. The standard InChI is InChI=1S/C8H9BrN2O/c1-5-4-6(9)11-3-2-10-8(12)7(5)11/h4H,2-3H2,1H3,(H,10,12). The first kappa shape index (κ1) is 7.86. The molecule has 1 aromatic rings. The van der Waals surface area contributed by atoms with Crippen molar-refractivity contribution in [3.63, 3.8) is 0 Å². The number of halogens is 1. The molecule has 1 N–H and O–H groups in total. The van der Waals surface area contributed by atoms with Crippen LogP contribution in [-0.2, 0) is 6.54 Å². The fraction of sp³-hybridized carbons (Fsp3) is 0.375. The molecule has 12 heavy (non-hydrogen) atoms. The van der Waals surface area contributed by atoms with E-state index in [0.29, 0.717) is 0 Å². The van der Waals surface area contributed by atoms with Crippen LogP contribution in [0.3, 0.4) is 0 Å². The Bertz CT molecular complexity index is 343. The molecule has 0 radical (unpaired) electrons. The third kappa shape index (κ3) is 0.982. The molecule has 1 aliphatic heterocycles. The van der Waals surface area contributed by atoms with Crippen LogP contribution in [0.25, 0.3) is 0 Å². The first-order valence-electron chi connectivity index (χ1n) is 3.84. The second-order valence-electron chi connectivity index (χ2n) is 2.91. The molecule has 0 saturated heterocycles. The Hall–Kier alpha value is -0.770. The Balaban J connectivity index is 2.62. The van der Waals surface area contributed by atoms with Gasteiger partial charge in [0.2, 0.25) is 0 Å². The maximum atomic E-state index is 11.4. The van der Waals surface area contributed by atoms with Gasteiger partial charge in [0.1, 0.15) is 5.69 Å². The highest BCUT2D eigenvalue weighted by atomic mass is 79.9. The zero-order chi connectivity index (χ0) is 8.72. The molecule has 0 aliphatic carbocycles. The second kappa shape index (κ2) is 2.62. The van der Waals surface area contributed by atoms with Gasteiger partial charge < -0.3 is 9.88 Å². The molecule has 0 saturated carbocycles. The van der Waals surface area contributed by atoms with Crippen LogP contribution >= 0.6 is 15.9 Å². The van der Waals surface area contributed by atoms with Gasteiger partial charge in [0.25, 0.3) is 5.91 Å². The van der Waals surface area contributed by atoms with E-state index in [2.05, 4.69) is 21.2 Å². The Labute approximate surface area is 78.9 Å². The molecule has 1 aliphatic rings. The number of hydrogen-bond acceptors (Lipinski definition) is 1. The number of amides is 1. The fourth-order valence-corrected chi connectivity index (χ4v) is 2.23. The Morgan fingerprint density at radius 1 is 1.67 bits per heavy atom. The summed E-state index contributed by atoms with van der Waals surface area (Å²) in [7, 11) is 0. The van der Waals surface area contributed by atoms with Crippen LogP contribution in [-0.4, -0.2) is 17.0 Å². The van der Waals surface area contributed by atoms with Crippen molar-refractivity contribution in [3.8, 4) is 0 Å². The molecule has 2 heterocycles. The smallest absolute Gasteiger partial charge is 0.268 e. The molecule has 0 aromatic carbocycles. The first-order valence-corrected chi connectivity index (χ1v) is 4.63. The Kier molecular flexibility index (Phi) is 1.72. The summed E-state index contributed by atoms with van der Waals surface area (Å²) in [5.74, 6) is 0.0319. The van der Waals surface area contributed by atoms with Gasteiger partial charge in [-0.3, -0.25) is 4.79 Å². The van der Waals surface area contributed by atoms with E-state index in [1.807, 2.05) is 17.6 Å². The zero-order valence-corrected chi connectivity index (χ0v) is 8.31.